The number of hydrogen-bond donors (Lipinski definition) is 2. The van der Waals surface area contributed by atoms with E-state index in [0.717, 1.165) is 29.8 Å². The topological polar surface area (TPSA) is 88.1 Å². The lowest BCUT2D eigenvalue weighted by molar-refractivity contribution is -0.276. The molecule has 0 spiro atoms. The molecule has 4 unspecified atom stereocenters. The van der Waals surface area contributed by atoms with E-state index in [4.69, 9.17) is 9.47 Å². The molecule has 0 bridgehead atoms. The predicted octanol–water partition coefficient (Wildman–Crippen LogP) is 6.20. The molecule has 0 radical (unpaired) electrons. The minimum absolute atomic E-state index is 0.0146. The summed E-state index contributed by atoms with van der Waals surface area (Å²) in [6.07, 6.45) is 5.77. The molecule has 1 aliphatic carbocycles. The van der Waals surface area contributed by atoms with E-state index in [-0.39, 0.29) is 29.6 Å². The quantitative estimate of drug-likeness (QED) is 0.264. The van der Waals surface area contributed by atoms with Crippen LogP contribution < -0.4 is 4.72 Å². The summed E-state index contributed by atoms with van der Waals surface area (Å²) in [6.45, 7) is 7.71. The van der Waals surface area contributed by atoms with Crippen molar-refractivity contribution in [2.24, 2.45) is 5.92 Å². The molecule has 3 aromatic rings. The van der Waals surface area contributed by atoms with Crippen molar-refractivity contribution in [2.75, 3.05) is 17.8 Å². The Balaban J connectivity index is 1.43. The fourth-order valence-corrected chi connectivity index (χ4v) is 7.00. The molecular weight excluding hydrogens is 536 g/mol. The molecular formula is C33H40N2O5S. The van der Waals surface area contributed by atoms with Gasteiger partial charge in [0.25, 0.3) is 10.0 Å². The number of nitrogens with one attached hydrogen (secondary N) is 1. The van der Waals surface area contributed by atoms with Gasteiger partial charge in [-0.1, -0.05) is 80.4 Å². The smallest absolute Gasteiger partial charge is 0.261 e. The normalized spacial score (nSPS) is 23.5. The highest BCUT2D eigenvalue weighted by molar-refractivity contribution is 7.92. The van der Waals surface area contributed by atoms with E-state index in [1.165, 1.54) is 25.7 Å². The average molecular weight is 577 g/mol. The van der Waals surface area contributed by atoms with Crippen LogP contribution in [0.2, 0.25) is 0 Å². The van der Waals surface area contributed by atoms with Crippen molar-refractivity contribution in [3.8, 4) is 0 Å². The van der Waals surface area contributed by atoms with Gasteiger partial charge in [0.05, 0.1) is 23.7 Å². The van der Waals surface area contributed by atoms with E-state index < -0.39 is 16.3 Å². The monoisotopic (exact) mass is 576 g/mol. The predicted molar refractivity (Wildman–Crippen MR) is 161 cm³/mol. The minimum atomic E-state index is -3.74. The molecule has 2 fully saturated rings. The number of aliphatic hydroxyl groups is 1. The number of hydrogen-bond acceptors (Lipinski definition) is 6. The number of aliphatic hydroxyl groups excluding tert-OH is 1. The summed E-state index contributed by atoms with van der Waals surface area (Å²) in [5, 5.41) is 9.54. The van der Waals surface area contributed by atoms with Crippen LogP contribution in [0.4, 0.5) is 5.69 Å². The zero-order chi connectivity index (χ0) is 28.8. The molecule has 1 aliphatic heterocycles. The fraction of sp³-hybridized carbons (Fsp3) is 0.394. The third-order valence-electron chi connectivity index (χ3n) is 8.21. The number of ether oxygens (including phenoxy) is 2. The molecule has 1 heterocycles. The van der Waals surface area contributed by atoms with Crippen molar-refractivity contribution in [1.82, 2.24) is 4.90 Å². The highest BCUT2D eigenvalue weighted by Gasteiger charge is 2.40. The zero-order valence-corrected chi connectivity index (χ0v) is 24.4. The van der Waals surface area contributed by atoms with Crippen LogP contribution in [-0.2, 0) is 26.1 Å². The molecule has 7 nitrogen and oxygen atoms in total. The van der Waals surface area contributed by atoms with Crippen molar-refractivity contribution in [3.63, 3.8) is 0 Å². The maximum absolute atomic E-state index is 13.0. The van der Waals surface area contributed by atoms with Crippen molar-refractivity contribution in [1.29, 1.82) is 0 Å². The Morgan fingerprint density at radius 3 is 2.39 bits per heavy atom. The summed E-state index contributed by atoms with van der Waals surface area (Å²) in [5.74, 6) is 0.0553. The Hall–Kier alpha value is -3.01. The van der Waals surface area contributed by atoms with Gasteiger partial charge in [0.1, 0.15) is 0 Å². The van der Waals surface area contributed by atoms with Crippen LogP contribution in [0.3, 0.4) is 0 Å². The molecule has 0 aromatic heterocycles. The molecule has 218 valence electrons. The van der Waals surface area contributed by atoms with Crippen LogP contribution in [0.15, 0.2) is 96.4 Å². The molecule has 0 amide bonds. The highest BCUT2D eigenvalue weighted by atomic mass is 32.2. The molecule has 1 saturated carbocycles. The maximum Gasteiger partial charge on any atom is 0.261 e. The molecule has 3 aromatic carbocycles. The van der Waals surface area contributed by atoms with Crippen LogP contribution in [0.5, 0.6) is 0 Å². The number of anilines is 1. The first-order chi connectivity index (χ1) is 19.9. The van der Waals surface area contributed by atoms with Gasteiger partial charge in [-0.15, -0.1) is 6.58 Å². The number of nitrogens with zero attached hydrogens (tertiary/aromatic N) is 1. The van der Waals surface area contributed by atoms with Crippen LogP contribution in [-0.4, -0.2) is 43.7 Å². The highest BCUT2D eigenvalue weighted by Crippen LogP contribution is 2.42. The largest absolute Gasteiger partial charge is 0.392 e. The van der Waals surface area contributed by atoms with E-state index in [1.807, 2.05) is 42.5 Å². The molecule has 41 heavy (non-hydrogen) atoms. The van der Waals surface area contributed by atoms with E-state index in [0.29, 0.717) is 11.7 Å². The Morgan fingerprint density at radius 1 is 0.976 bits per heavy atom. The van der Waals surface area contributed by atoms with Crippen molar-refractivity contribution >= 4 is 15.7 Å². The van der Waals surface area contributed by atoms with E-state index in [9.17, 15) is 13.5 Å². The van der Waals surface area contributed by atoms with E-state index in [2.05, 4.69) is 23.1 Å². The molecule has 8 heteroatoms. The Labute approximate surface area is 243 Å². The minimum Gasteiger partial charge on any atom is -0.392 e. The molecule has 2 aliphatic rings. The number of rotatable bonds is 11. The van der Waals surface area contributed by atoms with Gasteiger partial charge in [0.2, 0.25) is 0 Å². The van der Waals surface area contributed by atoms with Crippen molar-refractivity contribution in [3.05, 3.63) is 108 Å². The summed E-state index contributed by atoms with van der Waals surface area (Å²) in [6, 6.07) is 23.9. The van der Waals surface area contributed by atoms with Crippen molar-refractivity contribution < 1.29 is 23.0 Å². The number of sulfonamides is 1. The summed E-state index contributed by atoms with van der Waals surface area (Å²) in [5.41, 5.74) is 3.04. The van der Waals surface area contributed by atoms with Gasteiger partial charge in [0, 0.05) is 36.3 Å². The Bertz CT molecular complexity index is 1390. The Morgan fingerprint density at radius 2 is 1.71 bits per heavy atom. The third-order valence-corrected chi connectivity index (χ3v) is 9.60. The Kier molecular flexibility index (Phi) is 9.57. The summed E-state index contributed by atoms with van der Waals surface area (Å²) in [4.78, 5) is 2.69. The van der Waals surface area contributed by atoms with Crippen LogP contribution >= 0.6 is 0 Å². The summed E-state index contributed by atoms with van der Waals surface area (Å²) >= 11 is 0. The lowest BCUT2D eigenvalue weighted by Gasteiger charge is -2.43. The van der Waals surface area contributed by atoms with Crippen molar-refractivity contribution in [2.45, 2.75) is 68.6 Å². The van der Waals surface area contributed by atoms with Gasteiger partial charge in [0.15, 0.2) is 6.29 Å². The van der Waals surface area contributed by atoms with Crippen LogP contribution in [0.25, 0.3) is 0 Å². The first-order valence-corrected chi connectivity index (χ1v) is 15.9. The number of benzene rings is 3. The second kappa shape index (κ2) is 13.3. The average Bonchev–Trinajstić information content (AvgIpc) is 3.53. The van der Waals surface area contributed by atoms with E-state index >= 15 is 0 Å². The third kappa shape index (κ3) is 7.08. The molecule has 5 rings (SSSR count). The fourth-order valence-electron chi connectivity index (χ4n) is 5.93. The molecule has 2 N–H and O–H groups in total. The van der Waals surface area contributed by atoms with Crippen LogP contribution in [0.1, 0.15) is 61.7 Å². The zero-order valence-electron chi connectivity index (χ0n) is 23.6. The second-order valence-corrected chi connectivity index (χ2v) is 12.7. The van der Waals surface area contributed by atoms with Gasteiger partial charge >= 0.3 is 0 Å². The van der Waals surface area contributed by atoms with Gasteiger partial charge in [-0.2, -0.15) is 0 Å². The van der Waals surface area contributed by atoms with Gasteiger partial charge < -0.3 is 14.6 Å². The second-order valence-electron chi connectivity index (χ2n) is 11.0. The van der Waals surface area contributed by atoms with E-state index in [1.54, 1.807) is 42.5 Å². The van der Waals surface area contributed by atoms with Gasteiger partial charge in [-0.05, 0) is 48.2 Å². The lowest BCUT2D eigenvalue weighted by Crippen LogP contribution is -2.47. The lowest BCUT2D eigenvalue weighted by atomic mass is 9.89. The van der Waals surface area contributed by atoms with Crippen LogP contribution in [0, 0.1) is 5.92 Å². The molecule has 1 saturated heterocycles. The van der Waals surface area contributed by atoms with Gasteiger partial charge in [-0.3, -0.25) is 9.62 Å². The molecule has 4 atom stereocenters. The summed E-state index contributed by atoms with van der Waals surface area (Å²) in [7, 11) is -3.74. The maximum atomic E-state index is 13.0. The first-order valence-electron chi connectivity index (χ1n) is 14.4. The summed E-state index contributed by atoms with van der Waals surface area (Å²) < 4.78 is 41.9. The SMILES string of the molecule is C=CCN(CC1OC(c2cccc(NS(=O)(=O)c3ccccc3)c2)OC(c2ccc(CO)cc2)C1C)C1CCCC1. The van der Waals surface area contributed by atoms with Gasteiger partial charge in [-0.25, -0.2) is 8.42 Å². The first kappa shape index (κ1) is 29.5. The standard InChI is InChI=1S/C33H40N2O5S/c1-3-20-35(29-12-7-8-13-29)22-31-24(2)32(26-18-16-25(23-36)17-19-26)40-33(39-31)27-10-9-11-28(21-27)34-41(37,38)30-14-5-4-6-15-30/h3-6,9-11,14-19,21,24,29,31-34,36H,1,7-8,12-13,20,22-23H2,2H3.